The summed E-state index contributed by atoms with van der Waals surface area (Å²) in [5.41, 5.74) is 0.988. The summed E-state index contributed by atoms with van der Waals surface area (Å²) in [7, 11) is 0. The van der Waals surface area contributed by atoms with E-state index in [4.69, 9.17) is 23.2 Å². The molecular weight excluding hydrogens is 357 g/mol. The lowest BCUT2D eigenvalue weighted by molar-refractivity contribution is 0.509. The van der Waals surface area contributed by atoms with Gasteiger partial charge in [0.15, 0.2) is 11.6 Å². The Morgan fingerprint density at radius 1 is 0.792 bits per heavy atom. The Labute approximate surface area is 146 Å². The van der Waals surface area contributed by atoms with Crippen LogP contribution in [0, 0.1) is 11.6 Å². The standard InChI is InChI=1S/C16H10Cl2F2N4/c17-9-5-10(18)7-12(6-9)22-15-3-4-21-16(24-15)23-11-1-2-13(19)14(20)8-11/h1-8H,(H2,21,22,23,24). The van der Waals surface area contributed by atoms with E-state index < -0.39 is 11.6 Å². The van der Waals surface area contributed by atoms with E-state index >= 15 is 0 Å². The minimum Gasteiger partial charge on any atom is -0.340 e. The largest absolute Gasteiger partial charge is 0.340 e. The van der Waals surface area contributed by atoms with Gasteiger partial charge in [0.25, 0.3) is 0 Å². The summed E-state index contributed by atoms with van der Waals surface area (Å²) in [5.74, 6) is -1.18. The summed E-state index contributed by atoms with van der Waals surface area (Å²) in [5, 5.41) is 6.81. The van der Waals surface area contributed by atoms with Gasteiger partial charge in [-0.15, -0.1) is 0 Å². The SMILES string of the molecule is Fc1ccc(Nc2nccc(Nc3cc(Cl)cc(Cl)c3)n2)cc1F. The van der Waals surface area contributed by atoms with Gasteiger partial charge in [-0.25, -0.2) is 13.8 Å². The van der Waals surface area contributed by atoms with Crippen LogP contribution < -0.4 is 10.6 Å². The summed E-state index contributed by atoms with van der Waals surface area (Å²) in [6, 6.07) is 10.1. The quantitative estimate of drug-likeness (QED) is 0.635. The maximum absolute atomic E-state index is 13.2. The average molecular weight is 367 g/mol. The number of anilines is 4. The molecular formula is C16H10Cl2F2N4. The van der Waals surface area contributed by atoms with Gasteiger partial charge in [0, 0.05) is 33.7 Å². The van der Waals surface area contributed by atoms with Crippen molar-refractivity contribution < 1.29 is 8.78 Å². The van der Waals surface area contributed by atoms with Gasteiger partial charge in [0.2, 0.25) is 5.95 Å². The van der Waals surface area contributed by atoms with Gasteiger partial charge in [-0.3, -0.25) is 0 Å². The first-order chi connectivity index (χ1) is 11.5. The van der Waals surface area contributed by atoms with E-state index in [1.807, 2.05) is 0 Å². The molecule has 1 aromatic heterocycles. The highest BCUT2D eigenvalue weighted by atomic mass is 35.5. The highest BCUT2D eigenvalue weighted by molar-refractivity contribution is 6.35. The molecule has 2 N–H and O–H groups in total. The topological polar surface area (TPSA) is 49.8 Å². The lowest BCUT2D eigenvalue weighted by Crippen LogP contribution is -2.01. The van der Waals surface area contributed by atoms with Crippen LogP contribution >= 0.6 is 23.2 Å². The van der Waals surface area contributed by atoms with Crippen LogP contribution in [0.1, 0.15) is 0 Å². The summed E-state index contributed by atoms with van der Waals surface area (Å²) >= 11 is 11.9. The Balaban J connectivity index is 1.79. The molecule has 0 saturated heterocycles. The number of hydrogen-bond acceptors (Lipinski definition) is 4. The molecule has 4 nitrogen and oxygen atoms in total. The highest BCUT2D eigenvalue weighted by Gasteiger charge is 2.05. The van der Waals surface area contributed by atoms with E-state index in [2.05, 4.69) is 20.6 Å². The van der Waals surface area contributed by atoms with Crippen molar-refractivity contribution in [3.8, 4) is 0 Å². The van der Waals surface area contributed by atoms with E-state index in [1.165, 1.54) is 12.3 Å². The summed E-state index contributed by atoms with van der Waals surface area (Å²) in [6.45, 7) is 0. The zero-order valence-corrected chi connectivity index (χ0v) is 13.5. The fraction of sp³-hybridized carbons (Fsp3) is 0. The van der Waals surface area contributed by atoms with Crippen LogP contribution in [0.2, 0.25) is 10.0 Å². The van der Waals surface area contributed by atoms with Crippen molar-refractivity contribution in [3.63, 3.8) is 0 Å². The Morgan fingerprint density at radius 2 is 1.54 bits per heavy atom. The van der Waals surface area contributed by atoms with E-state index in [1.54, 1.807) is 24.3 Å². The van der Waals surface area contributed by atoms with Crippen molar-refractivity contribution in [2.45, 2.75) is 0 Å². The molecule has 3 rings (SSSR count). The smallest absolute Gasteiger partial charge is 0.229 e. The molecule has 0 aliphatic carbocycles. The highest BCUT2D eigenvalue weighted by Crippen LogP contribution is 2.25. The van der Waals surface area contributed by atoms with Crippen molar-refractivity contribution in [1.29, 1.82) is 0 Å². The van der Waals surface area contributed by atoms with Crippen LogP contribution in [0.15, 0.2) is 48.7 Å². The van der Waals surface area contributed by atoms with Crippen molar-refractivity contribution in [1.82, 2.24) is 9.97 Å². The van der Waals surface area contributed by atoms with Gasteiger partial charge in [-0.05, 0) is 36.4 Å². The molecule has 0 radical (unpaired) electrons. The van der Waals surface area contributed by atoms with Crippen molar-refractivity contribution in [2.24, 2.45) is 0 Å². The molecule has 0 saturated carbocycles. The maximum atomic E-state index is 13.2. The predicted molar refractivity (Wildman–Crippen MR) is 91.4 cm³/mol. The minimum atomic E-state index is -0.956. The van der Waals surface area contributed by atoms with Gasteiger partial charge in [0.05, 0.1) is 0 Å². The van der Waals surface area contributed by atoms with Gasteiger partial charge < -0.3 is 10.6 Å². The molecule has 1 heterocycles. The Morgan fingerprint density at radius 3 is 2.25 bits per heavy atom. The normalized spacial score (nSPS) is 10.5. The molecule has 0 spiro atoms. The number of nitrogens with one attached hydrogen (secondary N) is 2. The Bertz CT molecular complexity index is 869. The van der Waals surface area contributed by atoms with Crippen LogP contribution in [0.3, 0.4) is 0 Å². The molecule has 122 valence electrons. The number of rotatable bonds is 4. The molecule has 0 unspecified atom stereocenters. The molecule has 0 atom stereocenters. The first-order valence-corrected chi connectivity index (χ1v) is 7.53. The number of nitrogens with zero attached hydrogens (tertiary/aromatic N) is 2. The molecule has 24 heavy (non-hydrogen) atoms. The second-order valence-electron chi connectivity index (χ2n) is 4.80. The van der Waals surface area contributed by atoms with Crippen molar-refractivity contribution in [2.75, 3.05) is 10.6 Å². The fourth-order valence-corrected chi connectivity index (χ4v) is 2.49. The second-order valence-corrected chi connectivity index (χ2v) is 5.68. The monoisotopic (exact) mass is 366 g/mol. The van der Waals surface area contributed by atoms with Crippen LogP contribution in [-0.4, -0.2) is 9.97 Å². The lowest BCUT2D eigenvalue weighted by Gasteiger charge is -2.09. The van der Waals surface area contributed by atoms with Gasteiger partial charge >= 0.3 is 0 Å². The summed E-state index contributed by atoms with van der Waals surface area (Å²) < 4.78 is 26.2. The molecule has 0 aliphatic rings. The van der Waals surface area contributed by atoms with Gasteiger partial charge in [-0.2, -0.15) is 4.98 Å². The third-order valence-electron chi connectivity index (χ3n) is 2.97. The van der Waals surface area contributed by atoms with E-state index in [0.717, 1.165) is 12.1 Å². The van der Waals surface area contributed by atoms with Crippen LogP contribution in [-0.2, 0) is 0 Å². The van der Waals surface area contributed by atoms with Crippen LogP contribution in [0.25, 0.3) is 0 Å². The zero-order valence-electron chi connectivity index (χ0n) is 12.0. The van der Waals surface area contributed by atoms with E-state index in [9.17, 15) is 8.78 Å². The maximum Gasteiger partial charge on any atom is 0.229 e. The fourth-order valence-electron chi connectivity index (χ4n) is 1.97. The molecule has 0 bridgehead atoms. The third-order valence-corrected chi connectivity index (χ3v) is 3.40. The van der Waals surface area contributed by atoms with Gasteiger partial charge in [-0.1, -0.05) is 23.2 Å². The van der Waals surface area contributed by atoms with Crippen LogP contribution in [0.5, 0.6) is 0 Å². The zero-order chi connectivity index (χ0) is 17.1. The van der Waals surface area contributed by atoms with Crippen LogP contribution in [0.4, 0.5) is 31.9 Å². The molecule has 3 aromatic rings. The lowest BCUT2D eigenvalue weighted by atomic mass is 10.3. The summed E-state index contributed by atoms with van der Waals surface area (Å²) in [4.78, 5) is 8.27. The molecule has 0 amide bonds. The first-order valence-electron chi connectivity index (χ1n) is 6.78. The molecule has 0 fully saturated rings. The van der Waals surface area contributed by atoms with Crippen molar-refractivity contribution >= 4 is 46.3 Å². The number of hydrogen-bond donors (Lipinski definition) is 2. The number of halogens is 4. The summed E-state index contributed by atoms with van der Waals surface area (Å²) in [6.07, 6.45) is 1.52. The number of benzene rings is 2. The first kappa shape index (κ1) is 16.4. The minimum absolute atomic E-state index is 0.221. The van der Waals surface area contributed by atoms with E-state index in [0.29, 0.717) is 27.2 Å². The predicted octanol–water partition coefficient (Wildman–Crippen LogP) is 5.55. The molecule has 8 heteroatoms. The average Bonchev–Trinajstić information content (AvgIpc) is 2.50. The third kappa shape index (κ3) is 4.10. The number of aromatic nitrogens is 2. The van der Waals surface area contributed by atoms with Gasteiger partial charge in [0.1, 0.15) is 5.82 Å². The molecule has 0 aliphatic heterocycles. The Kier molecular flexibility index (Phi) is 4.78. The molecule has 2 aromatic carbocycles. The Hall–Kier alpha value is -2.44. The van der Waals surface area contributed by atoms with E-state index in [-0.39, 0.29) is 5.95 Å². The second kappa shape index (κ2) is 6.98. The van der Waals surface area contributed by atoms with Crippen molar-refractivity contribution in [3.05, 3.63) is 70.3 Å².